The van der Waals surface area contributed by atoms with Gasteiger partial charge in [0.05, 0.1) is 11.3 Å². The normalized spacial score (nSPS) is 11.2. The maximum atomic E-state index is 13.6. The van der Waals surface area contributed by atoms with Gasteiger partial charge in [0.15, 0.2) is 0 Å². The van der Waals surface area contributed by atoms with Crippen molar-refractivity contribution < 1.29 is 22.7 Å². The summed E-state index contributed by atoms with van der Waals surface area (Å²) in [5.41, 5.74) is -1.01. The quantitative estimate of drug-likeness (QED) is 0.908. The van der Waals surface area contributed by atoms with Crippen LogP contribution in [-0.4, -0.2) is 19.5 Å². The first-order valence-corrected chi connectivity index (χ1v) is 7.36. The van der Waals surface area contributed by atoms with E-state index in [4.69, 9.17) is 5.11 Å². The van der Waals surface area contributed by atoms with Gasteiger partial charge in [0.25, 0.3) is 10.0 Å². The molecule has 0 unspecified atom stereocenters. The van der Waals surface area contributed by atoms with Crippen LogP contribution in [0.4, 0.5) is 10.1 Å². The minimum absolute atomic E-state index is 0.0212. The van der Waals surface area contributed by atoms with E-state index in [1.165, 1.54) is 18.2 Å². The summed E-state index contributed by atoms with van der Waals surface area (Å²) in [5.74, 6) is -2.36. The summed E-state index contributed by atoms with van der Waals surface area (Å²) in [7, 11) is -3.98. The van der Waals surface area contributed by atoms with Crippen LogP contribution in [0.5, 0.6) is 0 Å². The molecule has 2 N–H and O–H groups in total. The molecule has 0 aliphatic carbocycles. The van der Waals surface area contributed by atoms with Crippen molar-refractivity contribution in [2.75, 3.05) is 4.72 Å². The van der Waals surface area contributed by atoms with Gasteiger partial charge in [-0.15, -0.1) is 11.3 Å². The molecule has 19 heavy (non-hydrogen) atoms. The molecule has 0 amide bonds. The van der Waals surface area contributed by atoms with E-state index < -0.39 is 33.1 Å². The van der Waals surface area contributed by atoms with Crippen LogP contribution in [0.2, 0.25) is 0 Å². The van der Waals surface area contributed by atoms with Gasteiger partial charge < -0.3 is 5.11 Å². The molecule has 0 saturated heterocycles. The van der Waals surface area contributed by atoms with Gasteiger partial charge in [-0.1, -0.05) is 12.1 Å². The van der Waals surface area contributed by atoms with Gasteiger partial charge in [-0.05, 0) is 23.6 Å². The highest BCUT2D eigenvalue weighted by atomic mass is 32.2. The summed E-state index contributed by atoms with van der Waals surface area (Å²) in [6.07, 6.45) is 0. The monoisotopic (exact) mass is 301 g/mol. The molecule has 5 nitrogen and oxygen atoms in total. The van der Waals surface area contributed by atoms with Gasteiger partial charge in [-0.25, -0.2) is 17.6 Å². The van der Waals surface area contributed by atoms with Crippen LogP contribution in [0.25, 0.3) is 0 Å². The predicted molar refractivity (Wildman–Crippen MR) is 68.5 cm³/mol. The zero-order valence-electron chi connectivity index (χ0n) is 9.33. The van der Waals surface area contributed by atoms with Crippen LogP contribution in [-0.2, 0) is 10.0 Å². The third kappa shape index (κ3) is 2.74. The van der Waals surface area contributed by atoms with Crippen LogP contribution in [0.1, 0.15) is 10.4 Å². The summed E-state index contributed by atoms with van der Waals surface area (Å²) in [5, 5.41) is 10.5. The van der Waals surface area contributed by atoms with Crippen molar-refractivity contribution in [1.29, 1.82) is 0 Å². The maximum Gasteiger partial charge on any atom is 0.337 e. The number of sulfonamides is 1. The number of aromatic carboxylic acids is 1. The average molecular weight is 301 g/mol. The lowest BCUT2D eigenvalue weighted by Gasteiger charge is -2.10. The Morgan fingerprint density at radius 1 is 1.26 bits per heavy atom. The number of hydrogen-bond donors (Lipinski definition) is 2. The van der Waals surface area contributed by atoms with E-state index in [1.807, 2.05) is 4.72 Å². The molecule has 0 aliphatic heterocycles. The maximum absolute atomic E-state index is 13.6. The molecule has 100 valence electrons. The molecule has 1 aromatic heterocycles. The second kappa shape index (κ2) is 4.98. The van der Waals surface area contributed by atoms with E-state index >= 15 is 0 Å². The third-order valence-electron chi connectivity index (χ3n) is 2.24. The SMILES string of the molecule is O=C(O)c1cccc(F)c1NS(=O)(=O)c1cccs1. The standard InChI is InChI=1S/C11H8FNO4S2/c12-8-4-1-3-7(11(14)15)10(8)13-19(16,17)9-5-2-6-18-9/h1-6,13H,(H,14,15). The van der Waals surface area contributed by atoms with Crippen LogP contribution < -0.4 is 4.72 Å². The number of rotatable bonds is 4. The first-order valence-electron chi connectivity index (χ1n) is 5.00. The zero-order valence-corrected chi connectivity index (χ0v) is 11.0. The lowest BCUT2D eigenvalue weighted by Crippen LogP contribution is -2.15. The number of anilines is 1. The Labute approximate surface area is 112 Å². The van der Waals surface area contributed by atoms with Gasteiger partial charge in [0, 0.05) is 0 Å². The molecule has 1 heterocycles. The molecular formula is C11H8FNO4S2. The Kier molecular flexibility index (Phi) is 3.54. The van der Waals surface area contributed by atoms with Crippen LogP contribution in [0.15, 0.2) is 39.9 Å². The first kappa shape index (κ1) is 13.5. The number of carboxylic acids is 1. The Balaban J connectivity index is 2.48. The van der Waals surface area contributed by atoms with Crippen LogP contribution in [0, 0.1) is 5.82 Å². The van der Waals surface area contributed by atoms with E-state index in [0.717, 1.165) is 23.5 Å². The summed E-state index contributed by atoms with van der Waals surface area (Å²) >= 11 is 0.949. The first-order chi connectivity index (χ1) is 8.92. The molecule has 2 rings (SSSR count). The molecule has 0 radical (unpaired) electrons. The number of thiophene rings is 1. The predicted octanol–water partition coefficient (Wildman–Crippen LogP) is 2.39. The van der Waals surface area contributed by atoms with E-state index in [1.54, 1.807) is 5.38 Å². The zero-order chi connectivity index (χ0) is 14.0. The fraction of sp³-hybridized carbons (Fsp3) is 0. The van der Waals surface area contributed by atoms with Gasteiger partial charge in [0.2, 0.25) is 0 Å². The number of benzene rings is 1. The Bertz CT molecular complexity index is 710. The fourth-order valence-electron chi connectivity index (χ4n) is 1.41. The fourth-order valence-corrected chi connectivity index (χ4v) is 3.49. The summed E-state index contributed by atoms with van der Waals surface area (Å²) in [6, 6.07) is 6.17. The van der Waals surface area contributed by atoms with Crippen molar-refractivity contribution in [2.24, 2.45) is 0 Å². The Morgan fingerprint density at radius 2 is 2.00 bits per heavy atom. The topological polar surface area (TPSA) is 83.5 Å². The van der Waals surface area contributed by atoms with Crippen molar-refractivity contribution in [3.8, 4) is 0 Å². The molecule has 0 atom stereocenters. The van der Waals surface area contributed by atoms with Crippen molar-refractivity contribution in [1.82, 2.24) is 0 Å². The largest absolute Gasteiger partial charge is 0.478 e. The van der Waals surface area contributed by atoms with E-state index in [2.05, 4.69) is 0 Å². The molecule has 8 heteroatoms. The van der Waals surface area contributed by atoms with E-state index in [9.17, 15) is 17.6 Å². The highest BCUT2D eigenvalue weighted by molar-refractivity contribution is 7.94. The van der Waals surface area contributed by atoms with Crippen molar-refractivity contribution in [3.05, 3.63) is 47.1 Å². The summed E-state index contributed by atoms with van der Waals surface area (Å²) in [4.78, 5) is 10.9. The minimum Gasteiger partial charge on any atom is -0.478 e. The highest BCUT2D eigenvalue weighted by Gasteiger charge is 2.21. The average Bonchev–Trinajstić information content (AvgIpc) is 2.85. The molecular weight excluding hydrogens is 293 g/mol. The number of hydrogen-bond acceptors (Lipinski definition) is 4. The number of nitrogens with one attached hydrogen (secondary N) is 1. The van der Waals surface area contributed by atoms with Gasteiger partial charge >= 0.3 is 5.97 Å². The number of carboxylic acid groups (broad SMARTS) is 1. The third-order valence-corrected chi connectivity index (χ3v) is 4.99. The van der Waals surface area contributed by atoms with E-state index in [0.29, 0.717) is 0 Å². The molecule has 2 aromatic rings. The Hall–Kier alpha value is -1.93. The molecule has 0 spiro atoms. The number of carbonyl (C=O) groups is 1. The molecule has 0 saturated carbocycles. The second-order valence-electron chi connectivity index (χ2n) is 3.51. The minimum atomic E-state index is -3.98. The molecule has 1 aromatic carbocycles. The smallest absolute Gasteiger partial charge is 0.337 e. The summed E-state index contributed by atoms with van der Waals surface area (Å²) < 4.78 is 39.4. The van der Waals surface area contributed by atoms with Crippen LogP contribution >= 0.6 is 11.3 Å². The lowest BCUT2D eigenvalue weighted by molar-refractivity contribution is 0.0697. The number of halogens is 1. The van der Waals surface area contributed by atoms with Gasteiger partial charge in [-0.2, -0.15) is 0 Å². The van der Waals surface area contributed by atoms with Gasteiger partial charge in [0.1, 0.15) is 10.0 Å². The van der Waals surface area contributed by atoms with Crippen molar-refractivity contribution in [2.45, 2.75) is 4.21 Å². The van der Waals surface area contributed by atoms with Gasteiger partial charge in [-0.3, -0.25) is 4.72 Å². The van der Waals surface area contributed by atoms with E-state index in [-0.39, 0.29) is 4.21 Å². The number of para-hydroxylation sites is 1. The van der Waals surface area contributed by atoms with Crippen molar-refractivity contribution >= 4 is 33.0 Å². The lowest BCUT2D eigenvalue weighted by atomic mass is 10.2. The summed E-state index contributed by atoms with van der Waals surface area (Å²) in [6.45, 7) is 0. The molecule has 0 aliphatic rings. The van der Waals surface area contributed by atoms with Crippen LogP contribution in [0.3, 0.4) is 0 Å². The highest BCUT2D eigenvalue weighted by Crippen LogP contribution is 2.25. The second-order valence-corrected chi connectivity index (χ2v) is 6.36. The molecule has 0 fully saturated rings. The Morgan fingerprint density at radius 3 is 2.58 bits per heavy atom. The molecule has 0 bridgehead atoms. The van der Waals surface area contributed by atoms with Crippen molar-refractivity contribution in [3.63, 3.8) is 0 Å².